The first-order chi connectivity index (χ1) is 6.11. The molecule has 1 aromatic heterocycles. The summed E-state index contributed by atoms with van der Waals surface area (Å²) in [6.45, 7) is -0.635. The largest absolute Gasteiger partial charge is 0.297 e. The van der Waals surface area contributed by atoms with E-state index in [0.29, 0.717) is 0 Å². The highest BCUT2D eigenvalue weighted by Gasteiger charge is 2.15. The molecule has 4 nitrogen and oxygen atoms in total. The Bertz CT molecular complexity index is 362. The highest BCUT2D eigenvalue weighted by Crippen LogP contribution is 1.95. The van der Waals surface area contributed by atoms with Crippen molar-refractivity contribution in [1.29, 1.82) is 0 Å². The average Bonchev–Trinajstić information content (AvgIpc) is 2.08. The standard InChI is InChI=1S/C7H6F2N2O2/c8-7(9)5(12)3-11-4-10-2-1-6(11)13/h1-2,4,7H,3H2. The molecular weight excluding hydrogens is 182 g/mol. The fourth-order valence-electron chi connectivity index (χ4n) is 0.734. The number of ketones is 1. The summed E-state index contributed by atoms with van der Waals surface area (Å²) in [6, 6.07) is 1.10. The molecule has 1 rings (SSSR count). The summed E-state index contributed by atoms with van der Waals surface area (Å²) < 4.78 is 24.3. The van der Waals surface area contributed by atoms with Crippen LogP contribution in [0.5, 0.6) is 0 Å². The molecular formula is C7H6F2N2O2. The predicted octanol–water partition coefficient (Wildman–Crippen LogP) is 0.0775. The molecule has 0 amide bonds. The molecule has 0 unspecified atom stereocenters. The fraction of sp³-hybridized carbons (Fsp3) is 0.286. The van der Waals surface area contributed by atoms with E-state index in [0.717, 1.165) is 17.0 Å². The van der Waals surface area contributed by atoms with Crippen molar-refractivity contribution in [1.82, 2.24) is 9.55 Å². The summed E-state index contributed by atoms with van der Waals surface area (Å²) in [5.41, 5.74) is -0.524. The summed E-state index contributed by atoms with van der Waals surface area (Å²) in [7, 11) is 0. The smallest absolute Gasteiger partial charge is 0.292 e. The Kier molecular flexibility index (Phi) is 2.84. The van der Waals surface area contributed by atoms with Crippen LogP contribution >= 0.6 is 0 Å². The lowest BCUT2D eigenvalue weighted by atomic mass is 10.4. The normalized spacial score (nSPS) is 10.4. The van der Waals surface area contributed by atoms with E-state index in [1.54, 1.807) is 0 Å². The Morgan fingerprint density at radius 1 is 1.62 bits per heavy atom. The van der Waals surface area contributed by atoms with Crippen LogP contribution in [0.15, 0.2) is 23.4 Å². The summed E-state index contributed by atoms with van der Waals surface area (Å²) in [5.74, 6) is -1.30. The molecule has 0 aliphatic rings. The molecule has 0 fully saturated rings. The number of nitrogens with zero attached hydrogens (tertiary/aromatic N) is 2. The van der Waals surface area contributed by atoms with Gasteiger partial charge in [0.15, 0.2) is 0 Å². The lowest BCUT2D eigenvalue weighted by molar-refractivity contribution is -0.130. The van der Waals surface area contributed by atoms with Crippen LogP contribution in [0.3, 0.4) is 0 Å². The second-order valence-electron chi connectivity index (χ2n) is 2.31. The van der Waals surface area contributed by atoms with Crippen molar-refractivity contribution >= 4 is 5.78 Å². The number of halogens is 2. The van der Waals surface area contributed by atoms with E-state index in [4.69, 9.17) is 0 Å². The van der Waals surface area contributed by atoms with Crippen molar-refractivity contribution in [3.63, 3.8) is 0 Å². The van der Waals surface area contributed by atoms with E-state index in [2.05, 4.69) is 4.98 Å². The molecule has 0 saturated carbocycles. The van der Waals surface area contributed by atoms with E-state index < -0.39 is 24.3 Å². The van der Waals surface area contributed by atoms with Gasteiger partial charge in [-0.05, 0) is 0 Å². The van der Waals surface area contributed by atoms with Gasteiger partial charge in [-0.15, -0.1) is 0 Å². The Labute approximate surface area is 71.8 Å². The molecule has 6 heteroatoms. The third-order valence-electron chi connectivity index (χ3n) is 1.36. The van der Waals surface area contributed by atoms with Crippen molar-refractivity contribution in [2.75, 3.05) is 0 Å². The minimum absolute atomic E-state index is 0.524. The maximum absolute atomic E-state index is 11.8. The van der Waals surface area contributed by atoms with Crippen molar-refractivity contribution < 1.29 is 13.6 Å². The third-order valence-corrected chi connectivity index (χ3v) is 1.36. The molecule has 0 aromatic carbocycles. The molecule has 1 heterocycles. The van der Waals surface area contributed by atoms with Gasteiger partial charge in [-0.2, -0.15) is 0 Å². The van der Waals surface area contributed by atoms with E-state index in [-0.39, 0.29) is 0 Å². The number of rotatable bonds is 3. The third kappa shape index (κ3) is 2.43. The number of Topliss-reactive ketones (excluding diaryl/α,β-unsaturated/α-hetero) is 1. The van der Waals surface area contributed by atoms with Crippen LogP contribution in [0.4, 0.5) is 8.78 Å². The molecule has 0 saturated heterocycles. The monoisotopic (exact) mass is 188 g/mol. The van der Waals surface area contributed by atoms with Crippen molar-refractivity contribution in [3.8, 4) is 0 Å². The molecule has 0 aliphatic carbocycles. The van der Waals surface area contributed by atoms with Gasteiger partial charge in [0.1, 0.15) is 0 Å². The minimum atomic E-state index is -3.05. The van der Waals surface area contributed by atoms with Crippen LogP contribution in [0, 0.1) is 0 Å². The first-order valence-electron chi connectivity index (χ1n) is 3.42. The topological polar surface area (TPSA) is 52.0 Å². The van der Waals surface area contributed by atoms with Crippen molar-refractivity contribution in [3.05, 3.63) is 28.9 Å². The second-order valence-corrected chi connectivity index (χ2v) is 2.31. The SMILES string of the molecule is O=C(Cn1cnccc1=O)C(F)F. The molecule has 13 heavy (non-hydrogen) atoms. The van der Waals surface area contributed by atoms with Gasteiger partial charge < -0.3 is 0 Å². The number of hydrogen-bond donors (Lipinski definition) is 0. The Balaban J connectivity index is 2.81. The molecule has 0 spiro atoms. The fourth-order valence-corrected chi connectivity index (χ4v) is 0.734. The molecule has 0 atom stereocenters. The lowest BCUT2D eigenvalue weighted by Gasteiger charge is -2.01. The van der Waals surface area contributed by atoms with Crippen molar-refractivity contribution in [2.24, 2.45) is 0 Å². The second kappa shape index (κ2) is 3.88. The first-order valence-corrected chi connectivity index (χ1v) is 3.42. The highest BCUT2D eigenvalue weighted by atomic mass is 19.3. The highest BCUT2D eigenvalue weighted by molar-refractivity contribution is 5.81. The molecule has 0 N–H and O–H groups in total. The summed E-state index contributed by atoms with van der Waals surface area (Å²) in [4.78, 5) is 25.0. The molecule has 0 aliphatic heterocycles. The quantitative estimate of drug-likeness (QED) is 0.674. The van der Waals surface area contributed by atoms with Gasteiger partial charge in [-0.25, -0.2) is 13.8 Å². The molecule has 0 radical (unpaired) electrons. The zero-order chi connectivity index (χ0) is 9.84. The number of aromatic nitrogens is 2. The predicted molar refractivity (Wildman–Crippen MR) is 39.5 cm³/mol. The van der Waals surface area contributed by atoms with Crippen LogP contribution in [0.1, 0.15) is 0 Å². The van der Waals surface area contributed by atoms with Gasteiger partial charge >= 0.3 is 0 Å². The summed E-state index contributed by atoms with van der Waals surface area (Å²) >= 11 is 0. The van der Waals surface area contributed by atoms with E-state index in [1.807, 2.05) is 0 Å². The van der Waals surface area contributed by atoms with Gasteiger partial charge in [-0.1, -0.05) is 0 Å². The van der Waals surface area contributed by atoms with E-state index >= 15 is 0 Å². The molecule has 70 valence electrons. The number of hydrogen-bond acceptors (Lipinski definition) is 3. The molecule has 1 aromatic rings. The summed E-state index contributed by atoms with van der Waals surface area (Å²) in [5, 5.41) is 0. The van der Waals surface area contributed by atoms with Crippen LogP contribution < -0.4 is 5.56 Å². The maximum atomic E-state index is 11.8. The molecule has 0 bridgehead atoms. The van der Waals surface area contributed by atoms with Gasteiger partial charge in [0, 0.05) is 12.3 Å². The zero-order valence-corrected chi connectivity index (χ0v) is 6.48. The van der Waals surface area contributed by atoms with Crippen molar-refractivity contribution in [2.45, 2.75) is 13.0 Å². The van der Waals surface area contributed by atoms with Crippen LogP contribution in [0.25, 0.3) is 0 Å². The van der Waals surface area contributed by atoms with Gasteiger partial charge in [0.25, 0.3) is 12.0 Å². The van der Waals surface area contributed by atoms with E-state index in [9.17, 15) is 18.4 Å². The maximum Gasteiger partial charge on any atom is 0.297 e. The first kappa shape index (κ1) is 9.50. The van der Waals surface area contributed by atoms with Crippen LogP contribution in [-0.2, 0) is 11.3 Å². The number of alkyl halides is 2. The Morgan fingerprint density at radius 3 is 2.85 bits per heavy atom. The Morgan fingerprint density at radius 2 is 2.31 bits per heavy atom. The van der Waals surface area contributed by atoms with Gasteiger partial charge in [-0.3, -0.25) is 14.2 Å². The zero-order valence-electron chi connectivity index (χ0n) is 6.48. The van der Waals surface area contributed by atoms with Crippen LogP contribution in [0.2, 0.25) is 0 Å². The lowest BCUT2D eigenvalue weighted by Crippen LogP contribution is -2.26. The number of carbonyl (C=O) groups excluding carboxylic acids is 1. The van der Waals surface area contributed by atoms with Gasteiger partial charge in [0.05, 0.1) is 12.9 Å². The number of carbonyl (C=O) groups is 1. The minimum Gasteiger partial charge on any atom is -0.292 e. The van der Waals surface area contributed by atoms with Gasteiger partial charge in [0.2, 0.25) is 5.78 Å². The van der Waals surface area contributed by atoms with E-state index in [1.165, 1.54) is 6.20 Å². The average molecular weight is 188 g/mol. The van der Waals surface area contributed by atoms with Crippen LogP contribution in [-0.4, -0.2) is 21.8 Å². The Hall–Kier alpha value is -1.59. The summed E-state index contributed by atoms with van der Waals surface area (Å²) in [6.07, 6.45) is -0.777.